The monoisotopic (exact) mass is 236 g/mol. The number of benzene rings is 1. The number of Topliss-reactive ketones (excluding diaryl/α,β-unsaturated/α-hetero) is 1. The minimum Gasteiger partial charge on any atom is -0.495 e. The number of rotatable bonds is 3. The topological polar surface area (TPSA) is 26.3 Å². The molecule has 16 heavy (non-hydrogen) atoms. The molecule has 0 fully saturated rings. The Bertz CT molecular complexity index is 441. The molecule has 0 aromatic heterocycles. The molecule has 0 aliphatic rings. The molecule has 0 spiro atoms. The Morgan fingerprint density at radius 2 is 2.25 bits per heavy atom. The maximum atomic E-state index is 11.2. The maximum absolute atomic E-state index is 11.2. The average molecular weight is 237 g/mol. The summed E-state index contributed by atoms with van der Waals surface area (Å²) in [5.41, 5.74) is 1.36. The van der Waals surface area contributed by atoms with Gasteiger partial charge in [0.25, 0.3) is 0 Å². The van der Waals surface area contributed by atoms with Crippen LogP contribution >= 0.6 is 11.6 Å². The molecular weight excluding hydrogens is 224 g/mol. The van der Waals surface area contributed by atoms with Gasteiger partial charge < -0.3 is 4.74 Å². The van der Waals surface area contributed by atoms with Crippen LogP contribution in [0.1, 0.15) is 29.3 Å². The number of carbonyl (C=O) groups is 1. The first-order chi connectivity index (χ1) is 7.69. The van der Waals surface area contributed by atoms with E-state index < -0.39 is 0 Å². The average Bonchev–Trinajstić information content (AvgIpc) is 2.29. The van der Waals surface area contributed by atoms with E-state index >= 15 is 0 Å². The van der Waals surface area contributed by atoms with Crippen LogP contribution in [-0.2, 0) is 0 Å². The standard InChI is InChI=1S/C13H13ClO2/c1-10(15)11-6-7-13(16-2)12(9-11)5-3-4-8-14/h6-7,9H,4,8H2,1-2H3. The summed E-state index contributed by atoms with van der Waals surface area (Å²) in [7, 11) is 1.58. The second-order valence-electron chi connectivity index (χ2n) is 3.21. The van der Waals surface area contributed by atoms with Gasteiger partial charge in [0, 0.05) is 17.9 Å². The van der Waals surface area contributed by atoms with Crippen LogP contribution in [0.5, 0.6) is 5.75 Å². The van der Waals surface area contributed by atoms with E-state index in [1.165, 1.54) is 6.92 Å². The maximum Gasteiger partial charge on any atom is 0.159 e. The molecule has 0 N–H and O–H groups in total. The number of hydrogen-bond acceptors (Lipinski definition) is 2. The number of hydrogen-bond donors (Lipinski definition) is 0. The van der Waals surface area contributed by atoms with Gasteiger partial charge in [-0.2, -0.15) is 0 Å². The third-order valence-electron chi connectivity index (χ3n) is 2.05. The van der Waals surface area contributed by atoms with Crippen molar-refractivity contribution in [2.75, 3.05) is 13.0 Å². The van der Waals surface area contributed by atoms with E-state index in [9.17, 15) is 4.79 Å². The third kappa shape index (κ3) is 3.29. The predicted octanol–water partition coefficient (Wildman–Crippen LogP) is 2.88. The minimum atomic E-state index is 0.0167. The lowest BCUT2D eigenvalue weighted by molar-refractivity contribution is 0.101. The van der Waals surface area contributed by atoms with Gasteiger partial charge in [-0.05, 0) is 25.1 Å². The number of carbonyl (C=O) groups excluding carboxylic acids is 1. The Morgan fingerprint density at radius 1 is 1.50 bits per heavy atom. The second kappa shape index (κ2) is 6.19. The van der Waals surface area contributed by atoms with E-state index in [2.05, 4.69) is 11.8 Å². The minimum absolute atomic E-state index is 0.0167. The summed E-state index contributed by atoms with van der Waals surface area (Å²) in [6.45, 7) is 1.53. The van der Waals surface area contributed by atoms with Gasteiger partial charge >= 0.3 is 0 Å². The number of ketones is 1. The zero-order valence-electron chi connectivity index (χ0n) is 9.34. The molecule has 0 bridgehead atoms. The van der Waals surface area contributed by atoms with Gasteiger partial charge in [-0.15, -0.1) is 11.6 Å². The van der Waals surface area contributed by atoms with Crippen molar-refractivity contribution >= 4 is 17.4 Å². The fourth-order valence-electron chi connectivity index (χ4n) is 1.23. The Labute approximate surface area is 101 Å². The van der Waals surface area contributed by atoms with Crippen LogP contribution < -0.4 is 4.74 Å². The van der Waals surface area contributed by atoms with Crippen molar-refractivity contribution in [3.8, 4) is 17.6 Å². The van der Waals surface area contributed by atoms with Gasteiger partial charge in [0.15, 0.2) is 5.78 Å². The SMILES string of the molecule is COc1ccc(C(C)=O)cc1C#CCCCl. The lowest BCUT2D eigenvalue weighted by atomic mass is 10.1. The largest absolute Gasteiger partial charge is 0.495 e. The van der Waals surface area contributed by atoms with Crippen molar-refractivity contribution in [3.63, 3.8) is 0 Å². The van der Waals surface area contributed by atoms with Crippen molar-refractivity contribution < 1.29 is 9.53 Å². The highest BCUT2D eigenvalue weighted by Gasteiger charge is 2.04. The molecule has 0 aliphatic heterocycles. The molecule has 1 aromatic carbocycles. The van der Waals surface area contributed by atoms with Crippen LogP contribution in [0.3, 0.4) is 0 Å². The van der Waals surface area contributed by atoms with E-state index in [-0.39, 0.29) is 5.78 Å². The molecule has 3 heteroatoms. The summed E-state index contributed by atoms with van der Waals surface area (Å²) in [6.07, 6.45) is 0.620. The summed E-state index contributed by atoms with van der Waals surface area (Å²) in [5.74, 6) is 7.06. The number of halogens is 1. The molecule has 0 heterocycles. The first-order valence-electron chi connectivity index (χ1n) is 4.93. The van der Waals surface area contributed by atoms with Gasteiger partial charge in [0.05, 0.1) is 12.7 Å². The Kier molecular flexibility index (Phi) is 4.88. The highest BCUT2D eigenvalue weighted by molar-refractivity contribution is 6.18. The Hall–Kier alpha value is -1.46. The van der Waals surface area contributed by atoms with Crippen molar-refractivity contribution in [2.45, 2.75) is 13.3 Å². The first-order valence-corrected chi connectivity index (χ1v) is 5.46. The molecule has 0 saturated carbocycles. The smallest absolute Gasteiger partial charge is 0.159 e. The zero-order valence-corrected chi connectivity index (χ0v) is 10.1. The van der Waals surface area contributed by atoms with E-state index in [4.69, 9.17) is 16.3 Å². The van der Waals surface area contributed by atoms with E-state index in [1.807, 2.05) is 0 Å². The molecule has 0 unspecified atom stereocenters. The van der Waals surface area contributed by atoms with Gasteiger partial charge in [-0.25, -0.2) is 0 Å². The number of ether oxygens (including phenoxy) is 1. The molecule has 84 valence electrons. The Balaban J connectivity index is 3.08. The fraction of sp³-hybridized carbons (Fsp3) is 0.308. The van der Waals surface area contributed by atoms with Gasteiger partial charge in [-0.1, -0.05) is 11.8 Å². The van der Waals surface area contributed by atoms with E-state index in [1.54, 1.807) is 25.3 Å². The predicted molar refractivity (Wildman–Crippen MR) is 65.2 cm³/mol. The lowest BCUT2D eigenvalue weighted by Gasteiger charge is -2.04. The normalized spacial score (nSPS) is 9.19. The molecule has 1 aromatic rings. The summed E-state index contributed by atoms with van der Waals surface area (Å²) < 4.78 is 5.16. The molecule has 0 radical (unpaired) electrons. The molecule has 0 amide bonds. The van der Waals surface area contributed by atoms with Crippen molar-refractivity contribution in [2.24, 2.45) is 0 Å². The number of methoxy groups -OCH3 is 1. The van der Waals surface area contributed by atoms with Gasteiger partial charge in [0.2, 0.25) is 0 Å². The molecule has 2 nitrogen and oxygen atoms in total. The molecule has 0 saturated heterocycles. The second-order valence-corrected chi connectivity index (χ2v) is 3.59. The highest BCUT2D eigenvalue weighted by Crippen LogP contribution is 2.19. The van der Waals surface area contributed by atoms with Crippen molar-refractivity contribution in [1.82, 2.24) is 0 Å². The third-order valence-corrected chi connectivity index (χ3v) is 2.24. The summed E-state index contributed by atoms with van der Waals surface area (Å²) in [4.78, 5) is 11.2. The zero-order chi connectivity index (χ0) is 12.0. The van der Waals surface area contributed by atoms with Crippen LogP contribution in [0.25, 0.3) is 0 Å². The highest BCUT2D eigenvalue weighted by atomic mass is 35.5. The van der Waals surface area contributed by atoms with Crippen LogP contribution in [0, 0.1) is 11.8 Å². The van der Waals surface area contributed by atoms with Crippen LogP contribution in [0.4, 0.5) is 0 Å². The van der Waals surface area contributed by atoms with Gasteiger partial charge in [0.1, 0.15) is 5.75 Å². The summed E-state index contributed by atoms with van der Waals surface area (Å²) in [6, 6.07) is 5.22. The van der Waals surface area contributed by atoms with Crippen molar-refractivity contribution in [1.29, 1.82) is 0 Å². The van der Waals surface area contributed by atoms with Crippen LogP contribution in [0.15, 0.2) is 18.2 Å². The van der Waals surface area contributed by atoms with Crippen LogP contribution in [-0.4, -0.2) is 18.8 Å². The summed E-state index contributed by atoms with van der Waals surface area (Å²) in [5, 5.41) is 0. The summed E-state index contributed by atoms with van der Waals surface area (Å²) >= 11 is 5.54. The molecule has 0 atom stereocenters. The fourth-order valence-corrected chi connectivity index (χ4v) is 1.32. The Morgan fingerprint density at radius 3 is 2.81 bits per heavy atom. The van der Waals surface area contributed by atoms with E-state index in [0.717, 1.165) is 5.56 Å². The van der Waals surface area contributed by atoms with Crippen molar-refractivity contribution in [3.05, 3.63) is 29.3 Å². The molecule has 0 aliphatic carbocycles. The molecular formula is C13H13ClO2. The lowest BCUT2D eigenvalue weighted by Crippen LogP contribution is -1.95. The molecule has 1 rings (SSSR count). The van der Waals surface area contributed by atoms with Gasteiger partial charge in [-0.3, -0.25) is 4.79 Å². The quantitative estimate of drug-likeness (QED) is 0.458. The van der Waals surface area contributed by atoms with E-state index in [0.29, 0.717) is 23.6 Å². The van der Waals surface area contributed by atoms with Crippen LogP contribution in [0.2, 0.25) is 0 Å². The number of alkyl halides is 1. The first kappa shape index (κ1) is 12.6.